The van der Waals surface area contributed by atoms with Gasteiger partial charge in [0.15, 0.2) is 0 Å². The summed E-state index contributed by atoms with van der Waals surface area (Å²) in [6.07, 6.45) is 0. The summed E-state index contributed by atoms with van der Waals surface area (Å²) in [5.41, 5.74) is 6.94. The van der Waals surface area contributed by atoms with Gasteiger partial charge in [0.25, 0.3) is 0 Å². The maximum Gasteiger partial charge on any atom is 0.147 e. The lowest BCUT2D eigenvalue weighted by molar-refractivity contribution is 0.872. The quantitative estimate of drug-likeness (QED) is 0.853. The summed E-state index contributed by atoms with van der Waals surface area (Å²) >= 11 is 13.8. The second kappa shape index (κ2) is 5.57. The molecule has 0 aromatic carbocycles. The van der Waals surface area contributed by atoms with Crippen molar-refractivity contribution in [1.82, 2.24) is 4.98 Å². The molecule has 0 aliphatic rings. The van der Waals surface area contributed by atoms with Crippen LogP contribution in [0.4, 0.5) is 11.6 Å². The fraction of sp³-hybridized carbons (Fsp3) is 0.308. The van der Waals surface area contributed by atoms with Crippen LogP contribution in [0.2, 0.25) is 10.0 Å². The van der Waals surface area contributed by atoms with E-state index >= 15 is 0 Å². The van der Waals surface area contributed by atoms with Crippen LogP contribution in [0.15, 0.2) is 12.1 Å². The average Bonchev–Trinajstić information content (AvgIpc) is 2.65. The monoisotopic (exact) mass is 315 g/mol. The first-order chi connectivity index (χ1) is 8.88. The Morgan fingerprint density at radius 3 is 2.53 bits per heavy atom. The summed E-state index contributed by atoms with van der Waals surface area (Å²) in [5.74, 6) is 0.832. The number of hydrogen-bond acceptors (Lipinski definition) is 4. The molecule has 19 heavy (non-hydrogen) atoms. The lowest BCUT2D eigenvalue weighted by Gasteiger charge is -2.16. The van der Waals surface area contributed by atoms with E-state index in [1.165, 1.54) is 15.3 Å². The van der Waals surface area contributed by atoms with E-state index in [9.17, 15) is 0 Å². The lowest BCUT2D eigenvalue weighted by Crippen LogP contribution is -2.09. The minimum Gasteiger partial charge on any atom is -0.382 e. The standard InChI is InChI=1S/C13H15Cl2N3S/c1-6-4-9(8(3)19-6)7(2)17-13-11(15)5-10(14)12(16)18-13/h4-5,7H,1-3H3,(H3,16,17,18). The molecule has 0 spiro atoms. The molecule has 0 bridgehead atoms. The van der Waals surface area contributed by atoms with Crippen molar-refractivity contribution in [3.8, 4) is 0 Å². The van der Waals surface area contributed by atoms with Crippen LogP contribution in [-0.4, -0.2) is 4.98 Å². The van der Waals surface area contributed by atoms with Crippen molar-refractivity contribution in [3.05, 3.63) is 37.5 Å². The summed E-state index contributed by atoms with van der Waals surface area (Å²) in [6.45, 7) is 6.27. The van der Waals surface area contributed by atoms with E-state index in [-0.39, 0.29) is 11.9 Å². The third-order valence-electron chi connectivity index (χ3n) is 2.86. The van der Waals surface area contributed by atoms with Crippen molar-refractivity contribution in [2.75, 3.05) is 11.1 Å². The van der Waals surface area contributed by atoms with E-state index in [1.54, 1.807) is 17.4 Å². The molecule has 3 nitrogen and oxygen atoms in total. The molecule has 102 valence electrons. The van der Waals surface area contributed by atoms with E-state index in [0.717, 1.165) is 0 Å². The number of thiophene rings is 1. The minimum absolute atomic E-state index is 0.107. The fourth-order valence-electron chi connectivity index (χ4n) is 1.95. The largest absolute Gasteiger partial charge is 0.382 e. The highest BCUT2D eigenvalue weighted by Gasteiger charge is 2.14. The molecule has 1 unspecified atom stereocenters. The fourth-order valence-corrected chi connectivity index (χ4v) is 3.38. The van der Waals surface area contributed by atoms with Gasteiger partial charge in [-0.1, -0.05) is 23.2 Å². The van der Waals surface area contributed by atoms with Gasteiger partial charge in [0.05, 0.1) is 16.1 Å². The number of pyridine rings is 1. The van der Waals surface area contributed by atoms with Crippen LogP contribution in [0.1, 0.15) is 28.3 Å². The number of halogens is 2. The van der Waals surface area contributed by atoms with Gasteiger partial charge in [-0.2, -0.15) is 0 Å². The Morgan fingerprint density at radius 1 is 1.26 bits per heavy atom. The molecule has 2 heterocycles. The summed E-state index contributed by atoms with van der Waals surface area (Å²) < 4.78 is 0. The zero-order valence-electron chi connectivity index (χ0n) is 10.9. The van der Waals surface area contributed by atoms with E-state index in [1.807, 2.05) is 0 Å². The minimum atomic E-state index is 0.107. The number of nitrogens with two attached hydrogens (primary N) is 1. The number of hydrogen-bond donors (Lipinski definition) is 2. The van der Waals surface area contributed by atoms with Gasteiger partial charge in [-0.05, 0) is 38.5 Å². The molecule has 0 radical (unpaired) electrons. The number of nitrogens with one attached hydrogen (secondary N) is 1. The predicted molar refractivity (Wildman–Crippen MR) is 84.5 cm³/mol. The molecule has 0 amide bonds. The Hall–Kier alpha value is -0.970. The highest BCUT2D eigenvalue weighted by atomic mass is 35.5. The Kier molecular flexibility index (Phi) is 4.23. The molecule has 0 fully saturated rings. The Morgan fingerprint density at radius 2 is 1.95 bits per heavy atom. The highest BCUT2D eigenvalue weighted by Crippen LogP contribution is 2.32. The topological polar surface area (TPSA) is 50.9 Å². The molecule has 6 heteroatoms. The van der Waals surface area contributed by atoms with Gasteiger partial charge in [0, 0.05) is 9.75 Å². The van der Waals surface area contributed by atoms with Crippen molar-refractivity contribution in [1.29, 1.82) is 0 Å². The second-order valence-electron chi connectivity index (χ2n) is 4.42. The predicted octanol–water partition coefficient (Wildman–Crippen LogP) is 4.82. The van der Waals surface area contributed by atoms with Crippen LogP contribution in [0.3, 0.4) is 0 Å². The zero-order valence-corrected chi connectivity index (χ0v) is 13.2. The summed E-state index contributed by atoms with van der Waals surface area (Å²) in [6, 6.07) is 3.88. The van der Waals surface area contributed by atoms with Gasteiger partial charge in [-0.3, -0.25) is 0 Å². The van der Waals surface area contributed by atoms with Crippen molar-refractivity contribution < 1.29 is 0 Å². The van der Waals surface area contributed by atoms with E-state index in [2.05, 4.69) is 37.1 Å². The molecule has 3 N–H and O–H groups in total. The van der Waals surface area contributed by atoms with E-state index < -0.39 is 0 Å². The maximum atomic E-state index is 6.12. The third kappa shape index (κ3) is 3.14. The summed E-state index contributed by atoms with van der Waals surface area (Å²) in [4.78, 5) is 6.76. The van der Waals surface area contributed by atoms with Gasteiger partial charge >= 0.3 is 0 Å². The van der Waals surface area contributed by atoms with Crippen molar-refractivity contribution in [2.24, 2.45) is 0 Å². The molecule has 0 aliphatic carbocycles. The van der Waals surface area contributed by atoms with Gasteiger partial charge in [0.2, 0.25) is 0 Å². The van der Waals surface area contributed by atoms with Crippen molar-refractivity contribution in [2.45, 2.75) is 26.8 Å². The summed E-state index contributed by atoms with van der Waals surface area (Å²) in [7, 11) is 0. The molecular formula is C13H15Cl2N3S. The number of rotatable bonds is 3. The number of nitrogens with zero attached hydrogens (tertiary/aromatic N) is 1. The molecule has 0 saturated heterocycles. The Labute approximate surface area is 126 Å². The number of nitrogen functional groups attached to an aromatic ring is 1. The molecule has 2 aromatic heterocycles. The SMILES string of the molecule is Cc1cc(C(C)Nc2nc(N)c(Cl)cc2Cl)c(C)s1. The number of anilines is 2. The second-order valence-corrected chi connectivity index (χ2v) is 6.70. The van der Waals surface area contributed by atoms with Crippen molar-refractivity contribution in [3.63, 3.8) is 0 Å². The Bertz CT molecular complexity index is 610. The molecule has 2 aromatic rings. The first kappa shape index (κ1) is 14.4. The maximum absolute atomic E-state index is 6.12. The van der Waals surface area contributed by atoms with Crippen LogP contribution >= 0.6 is 34.5 Å². The van der Waals surface area contributed by atoms with Gasteiger partial charge < -0.3 is 11.1 Å². The van der Waals surface area contributed by atoms with Gasteiger partial charge in [-0.25, -0.2) is 4.98 Å². The number of aryl methyl sites for hydroxylation is 2. The number of aromatic nitrogens is 1. The molecule has 2 rings (SSSR count). The van der Waals surface area contributed by atoms with Crippen LogP contribution in [0, 0.1) is 13.8 Å². The van der Waals surface area contributed by atoms with Crippen LogP contribution in [0.25, 0.3) is 0 Å². The normalized spacial score (nSPS) is 12.5. The third-order valence-corrected chi connectivity index (χ3v) is 4.43. The molecular weight excluding hydrogens is 301 g/mol. The summed E-state index contributed by atoms with van der Waals surface area (Å²) in [5, 5.41) is 4.11. The Balaban J connectivity index is 2.26. The van der Waals surface area contributed by atoms with E-state index in [4.69, 9.17) is 28.9 Å². The highest BCUT2D eigenvalue weighted by molar-refractivity contribution is 7.12. The van der Waals surface area contributed by atoms with Gasteiger partial charge in [0.1, 0.15) is 11.6 Å². The van der Waals surface area contributed by atoms with Gasteiger partial charge in [-0.15, -0.1) is 11.3 Å². The van der Waals surface area contributed by atoms with Crippen molar-refractivity contribution >= 4 is 46.2 Å². The van der Waals surface area contributed by atoms with Crippen LogP contribution in [-0.2, 0) is 0 Å². The zero-order chi connectivity index (χ0) is 14.2. The molecule has 0 aliphatic heterocycles. The molecule has 1 atom stereocenters. The first-order valence-corrected chi connectivity index (χ1v) is 7.40. The smallest absolute Gasteiger partial charge is 0.147 e. The lowest BCUT2D eigenvalue weighted by atomic mass is 10.1. The van der Waals surface area contributed by atoms with E-state index in [0.29, 0.717) is 15.9 Å². The molecule has 0 saturated carbocycles. The first-order valence-electron chi connectivity index (χ1n) is 5.83. The van der Waals surface area contributed by atoms with Crippen LogP contribution < -0.4 is 11.1 Å². The average molecular weight is 316 g/mol. The van der Waals surface area contributed by atoms with Crippen LogP contribution in [0.5, 0.6) is 0 Å².